The van der Waals surface area contributed by atoms with Crippen molar-refractivity contribution in [3.8, 4) is 17.6 Å². The fourth-order valence-corrected chi connectivity index (χ4v) is 1.72. The number of benzene rings is 2. The second kappa shape index (κ2) is 6.58. The first-order chi connectivity index (χ1) is 9.31. The molecule has 2 rings (SSSR count). The van der Waals surface area contributed by atoms with Crippen molar-refractivity contribution in [1.82, 2.24) is 5.32 Å². The van der Waals surface area contributed by atoms with Gasteiger partial charge in [-0.05, 0) is 48.5 Å². The van der Waals surface area contributed by atoms with Gasteiger partial charge < -0.3 is 10.1 Å². The predicted octanol–water partition coefficient (Wildman–Crippen LogP) is 3.46. The number of hydrogen-bond donors (Lipinski definition) is 1. The largest absolute Gasteiger partial charge is 0.457 e. The van der Waals surface area contributed by atoms with Crippen LogP contribution in [0.25, 0.3) is 0 Å². The van der Waals surface area contributed by atoms with Crippen LogP contribution in [0.4, 0.5) is 0 Å². The van der Waals surface area contributed by atoms with Crippen molar-refractivity contribution >= 4 is 0 Å². The number of nitrogens with one attached hydrogen (secondary N) is 1. The number of hydrogen-bond acceptors (Lipinski definition) is 3. The predicted molar refractivity (Wildman–Crippen MR) is 75.1 cm³/mol. The van der Waals surface area contributed by atoms with Gasteiger partial charge in [-0.25, -0.2) is 0 Å². The number of nitrogens with zero attached hydrogens (tertiary/aromatic N) is 1. The highest BCUT2D eigenvalue weighted by Crippen LogP contribution is 2.22. The van der Waals surface area contributed by atoms with Crippen LogP contribution in [-0.4, -0.2) is 6.54 Å². The molecule has 3 heteroatoms. The first kappa shape index (κ1) is 13.1. The minimum atomic E-state index is 0.633. The summed E-state index contributed by atoms with van der Waals surface area (Å²) < 4.78 is 5.76. The Balaban J connectivity index is 2.07. The highest BCUT2D eigenvalue weighted by molar-refractivity contribution is 5.38. The molecule has 0 aliphatic carbocycles. The lowest BCUT2D eigenvalue weighted by Crippen LogP contribution is -2.11. The molecule has 2 aromatic carbocycles. The minimum Gasteiger partial charge on any atom is -0.457 e. The summed E-state index contributed by atoms with van der Waals surface area (Å²) in [5.41, 5.74) is 1.82. The fourth-order valence-electron chi connectivity index (χ4n) is 1.72. The fraction of sp³-hybridized carbons (Fsp3) is 0.188. The van der Waals surface area contributed by atoms with Gasteiger partial charge in [0.2, 0.25) is 0 Å². The summed E-state index contributed by atoms with van der Waals surface area (Å²) in [6.45, 7) is 3.86. The van der Waals surface area contributed by atoms with Gasteiger partial charge in [-0.1, -0.05) is 19.1 Å². The highest BCUT2D eigenvalue weighted by atomic mass is 16.5. The van der Waals surface area contributed by atoms with Crippen LogP contribution in [0.5, 0.6) is 11.5 Å². The molecule has 0 spiro atoms. The third-order valence-electron chi connectivity index (χ3n) is 2.70. The van der Waals surface area contributed by atoms with Crippen molar-refractivity contribution in [2.24, 2.45) is 0 Å². The van der Waals surface area contributed by atoms with E-state index in [4.69, 9.17) is 10.00 Å². The Morgan fingerprint density at radius 2 is 1.89 bits per heavy atom. The second-order valence-electron chi connectivity index (χ2n) is 4.17. The Morgan fingerprint density at radius 1 is 1.11 bits per heavy atom. The molecule has 0 fully saturated rings. The molecule has 0 aliphatic heterocycles. The lowest BCUT2D eigenvalue weighted by atomic mass is 10.2. The summed E-state index contributed by atoms with van der Waals surface area (Å²) in [6, 6.07) is 17.2. The smallest absolute Gasteiger partial charge is 0.127 e. The molecule has 0 radical (unpaired) electrons. The lowest BCUT2D eigenvalue weighted by molar-refractivity contribution is 0.481. The lowest BCUT2D eigenvalue weighted by Gasteiger charge is -2.08. The summed E-state index contributed by atoms with van der Waals surface area (Å²) in [4.78, 5) is 0. The van der Waals surface area contributed by atoms with E-state index in [1.165, 1.54) is 5.56 Å². The molecule has 2 aromatic rings. The monoisotopic (exact) mass is 252 g/mol. The summed E-state index contributed by atoms with van der Waals surface area (Å²) in [5, 5.41) is 12.0. The van der Waals surface area contributed by atoms with Gasteiger partial charge >= 0.3 is 0 Å². The van der Waals surface area contributed by atoms with E-state index in [-0.39, 0.29) is 0 Å². The van der Waals surface area contributed by atoms with E-state index in [0.717, 1.165) is 24.6 Å². The zero-order chi connectivity index (χ0) is 13.5. The molecular formula is C16H16N2O. The molecule has 0 aliphatic rings. The van der Waals surface area contributed by atoms with Gasteiger partial charge in [-0.15, -0.1) is 0 Å². The standard InChI is InChI=1S/C16H16N2O/c1-2-18-12-14-4-3-5-16(10-14)19-15-8-6-13(11-17)7-9-15/h3-10,18H,2,12H2,1H3. The molecule has 0 heterocycles. The molecule has 0 aromatic heterocycles. The molecule has 0 amide bonds. The van der Waals surface area contributed by atoms with Crippen LogP contribution >= 0.6 is 0 Å². The maximum atomic E-state index is 8.74. The van der Waals surface area contributed by atoms with Gasteiger partial charge in [0.05, 0.1) is 11.6 Å². The van der Waals surface area contributed by atoms with Gasteiger partial charge in [0, 0.05) is 6.54 Å². The van der Waals surface area contributed by atoms with Gasteiger partial charge in [0.1, 0.15) is 11.5 Å². The maximum absolute atomic E-state index is 8.74. The van der Waals surface area contributed by atoms with E-state index in [1.807, 2.05) is 18.2 Å². The van der Waals surface area contributed by atoms with Crippen molar-refractivity contribution in [2.45, 2.75) is 13.5 Å². The Hall–Kier alpha value is -2.31. The van der Waals surface area contributed by atoms with Crippen molar-refractivity contribution < 1.29 is 4.74 Å². The van der Waals surface area contributed by atoms with Crippen molar-refractivity contribution in [3.05, 3.63) is 59.7 Å². The van der Waals surface area contributed by atoms with E-state index in [1.54, 1.807) is 24.3 Å². The maximum Gasteiger partial charge on any atom is 0.127 e. The Bertz CT molecular complexity index is 570. The second-order valence-corrected chi connectivity index (χ2v) is 4.17. The minimum absolute atomic E-state index is 0.633. The van der Waals surface area contributed by atoms with Crippen molar-refractivity contribution in [3.63, 3.8) is 0 Å². The van der Waals surface area contributed by atoms with E-state index >= 15 is 0 Å². The van der Waals surface area contributed by atoms with Crippen molar-refractivity contribution in [2.75, 3.05) is 6.54 Å². The van der Waals surface area contributed by atoms with E-state index in [0.29, 0.717) is 5.56 Å². The topological polar surface area (TPSA) is 45.0 Å². The Morgan fingerprint density at radius 3 is 2.58 bits per heavy atom. The van der Waals surface area contributed by atoms with E-state index < -0.39 is 0 Å². The normalized spacial score (nSPS) is 9.89. The van der Waals surface area contributed by atoms with Gasteiger partial charge in [0.25, 0.3) is 0 Å². The zero-order valence-corrected chi connectivity index (χ0v) is 10.9. The van der Waals surface area contributed by atoms with Gasteiger partial charge in [0.15, 0.2) is 0 Å². The highest BCUT2D eigenvalue weighted by Gasteiger charge is 1.99. The van der Waals surface area contributed by atoms with Crippen LogP contribution in [0.1, 0.15) is 18.1 Å². The van der Waals surface area contributed by atoms with Gasteiger partial charge in [-0.3, -0.25) is 0 Å². The molecule has 0 saturated carbocycles. The number of rotatable bonds is 5. The van der Waals surface area contributed by atoms with Crippen LogP contribution in [0.2, 0.25) is 0 Å². The van der Waals surface area contributed by atoms with Crippen LogP contribution in [0.15, 0.2) is 48.5 Å². The average molecular weight is 252 g/mol. The Kier molecular flexibility index (Phi) is 4.54. The zero-order valence-electron chi connectivity index (χ0n) is 10.9. The molecule has 1 N–H and O–H groups in total. The number of nitriles is 1. The van der Waals surface area contributed by atoms with Crippen LogP contribution in [0, 0.1) is 11.3 Å². The third kappa shape index (κ3) is 3.84. The molecule has 3 nitrogen and oxygen atoms in total. The first-order valence-corrected chi connectivity index (χ1v) is 6.29. The third-order valence-corrected chi connectivity index (χ3v) is 2.70. The summed E-state index contributed by atoms with van der Waals surface area (Å²) in [7, 11) is 0. The van der Waals surface area contributed by atoms with Crippen LogP contribution in [0.3, 0.4) is 0 Å². The molecule has 0 atom stereocenters. The molecule has 0 unspecified atom stereocenters. The first-order valence-electron chi connectivity index (χ1n) is 6.29. The SMILES string of the molecule is CCNCc1cccc(Oc2ccc(C#N)cc2)c1. The van der Waals surface area contributed by atoms with Crippen LogP contribution < -0.4 is 10.1 Å². The van der Waals surface area contributed by atoms with Crippen molar-refractivity contribution in [1.29, 1.82) is 5.26 Å². The van der Waals surface area contributed by atoms with E-state index in [2.05, 4.69) is 24.4 Å². The number of ether oxygens (including phenoxy) is 1. The molecule has 19 heavy (non-hydrogen) atoms. The molecule has 0 bridgehead atoms. The summed E-state index contributed by atoms with van der Waals surface area (Å²) >= 11 is 0. The molecule has 96 valence electrons. The quantitative estimate of drug-likeness (QED) is 0.886. The summed E-state index contributed by atoms with van der Waals surface area (Å²) in [5.74, 6) is 1.54. The average Bonchev–Trinajstić information content (AvgIpc) is 2.46. The Labute approximate surface area is 113 Å². The molecule has 0 saturated heterocycles. The van der Waals surface area contributed by atoms with E-state index in [9.17, 15) is 0 Å². The van der Waals surface area contributed by atoms with Gasteiger partial charge in [-0.2, -0.15) is 5.26 Å². The molecular weight excluding hydrogens is 236 g/mol. The summed E-state index contributed by atoms with van der Waals surface area (Å²) in [6.07, 6.45) is 0. The van der Waals surface area contributed by atoms with Crippen LogP contribution in [-0.2, 0) is 6.54 Å².